The van der Waals surface area contributed by atoms with E-state index in [4.69, 9.17) is 4.74 Å². The number of ether oxygens (including phenoxy) is 1. The molecule has 6 nitrogen and oxygen atoms in total. The zero-order valence-corrected chi connectivity index (χ0v) is 15.1. The van der Waals surface area contributed by atoms with Gasteiger partial charge >= 0.3 is 5.76 Å². The molecule has 0 radical (unpaired) electrons. The van der Waals surface area contributed by atoms with E-state index in [0.717, 1.165) is 24.8 Å². The highest BCUT2D eigenvalue weighted by molar-refractivity contribution is 7.91. The number of hydrogen-bond donors (Lipinski definition) is 1. The first-order valence-corrected chi connectivity index (χ1v) is 9.79. The van der Waals surface area contributed by atoms with Crippen LogP contribution in [0.5, 0.6) is 0 Å². The molecule has 1 fully saturated rings. The van der Waals surface area contributed by atoms with Crippen LogP contribution in [0.4, 0.5) is 20.2 Å². The lowest BCUT2D eigenvalue weighted by Gasteiger charge is -2.28. The number of hydrogen-bond acceptors (Lipinski definition) is 5. The largest absolute Gasteiger partial charge is 0.378 e. The van der Waals surface area contributed by atoms with Crippen molar-refractivity contribution >= 4 is 27.1 Å². The minimum Gasteiger partial charge on any atom is -0.378 e. The number of carbonyl (C=O) groups is 1. The smallest absolute Gasteiger partial charge is 0.341 e. The van der Waals surface area contributed by atoms with E-state index < -0.39 is 26.4 Å². The molecule has 2 aromatic carbocycles. The molecule has 3 rings (SSSR count). The van der Waals surface area contributed by atoms with E-state index in [1.165, 1.54) is 18.2 Å². The monoisotopic (exact) mass is 396 g/mol. The van der Waals surface area contributed by atoms with Gasteiger partial charge in [-0.15, -0.1) is 0 Å². The Morgan fingerprint density at radius 2 is 1.67 bits per heavy atom. The molecule has 27 heavy (non-hydrogen) atoms. The number of benzene rings is 2. The molecular weight excluding hydrogens is 378 g/mol. The molecule has 1 aliphatic rings. The van der Waals surface area contributed by atoms with Crippen molar-refractivity contribution in [2.45, 2.75) is 10.7 Å². The summed E-state index contributed by atoms with van der Waals surface area (Å²) in [5.74, 6) is -4.15. The average molecular weight is 396 g/mol. The van der Waals surface area contributed by atoms with Crippen molar-refractivity contribution in [3.05, 3.63) is 54.1 Å². The first kappa shape index (κ1) is 19.2. The quantitative estimate of drug-likeness (QED) is 0.841. The topological polar surface area (TPSA) is 75.7 Å². The molecule has 0 aromatic heterocycles. The number of carbonyl (C=O) groups excluding carboxylic acids is 1. The zero-order valence-electron chi connectivity index (χ0n) is 14.3. The highest BCUT2D eigenvalue weighted by Gasteiger charge is 2.29. The Bertz CT molecular complexity index is 911. The lowest BCUT2D eigenvalue weighted by molar-refractivity contribution is 0.102. The Morgan fingerprint density at radius 1 is 1.04 bits per heavy atom. The van der Waals surface area contributed by atoms with Gasteiger partial charge in [0.1, 0.15) is 0 Å². The number of sulfone groups is 1. The molecule has 144 valence electrons. The van der Waals surface area contributed by atoms with E-state index >= 15 is 0 Å². The van der Waals surface area contributed by atoms with Crippen molar-refractivity contribution < 1.29 is 26.7 Å². The van der Waals surface area contributed by atoms with Crippen molar-refractivity contribution in [3.8, 4) is 0 Å². The maximum absolute atomic E-state index is 12.8. The van der Waals surface area contributed by atoms with Gasteiger partial charge in [0.05, 0.1) is 23.8 Å². The molecule has 0 saturated carbocycles. The number of nitrogens with one attached hydrogen (secondary N) is 1. The van der Waals surface area contributed by atoms with Crippen LogP contribution in [-0.2, 0) is 14.6 Å². The molecule has 9 heteroatoms. The fourth-order valence-corrected chi connectivity index (χ4v) is 3.64. The molecule has 0 spiro atoms. The Morgan fingerprint density at radius 3 is 2.30 bits per heavy atom. The fourth-order valence-electron chi connectivity index (χ4n) is 2.75. The number of anilines is 2. The third-order valence-corrected chi connectivity index (χ3v) is 5.62. The summed E-state index contributed by atoms with van der Waals surface area (Å²) < 4.78 is 54.5. The van der Waals surface area contributed by atoms with Gasteiger partial charge in [0, 0.05) is 24.3 Å². The molecule has 0 atom stereocenters. The summed E-state index contributed by atoms with van der Waals surface area (Å²) in [6.07, 6.45) is 0. The first-order valence-electron chi connectivity index (χ1n) is 8.25. The van der Waals surface area contributed by atoms with Gasteiger partial charge in [-0.2, -0.15) is 8.78 Å². The molecule has 0 aliphatic carbocycles. The van der Waals surface area contributed by atoms with E-state index in [-0.39, 0.29) is 11.3 Å². The summed E-state index contributed by atoms with van der Waals surface area (Å²) in [5.41, 5.74) is 1.05. The Hall–Kier alpha value is -2.52. The van der Waals surface area contributed by atoms with E-state index in [9.17, 15) is 22.0 Å². The summed E-state index contributed by atoms with van der Waals surface area (Å²) in [4.78, 5) is 13.9. The Balaban J connectivity index is 1.78. The van der Waals surface area contributed by atoms with Crippen LogP contribution in [-0.4, -0.2) is 46.4 Å². The number of halogens is 2. The molecule has 1 saturated heterocycles. The predicted octanol–water partition coefficient (Wildman–Crippen LogP) is 2.77. The average Bonchev–Trinajstić information content (AvgIpc) is 2.69. The zero-order chi connectivity index (χ0) is 19.4. The third-order valence-electron chi connectivity index (χ3n) is 4.18. The van der Waals surface area contributed by atoms with E-state index in [1.807, 2.05) is 0 Å². The van der Waals surface area contributed by atoms with Gasteiger partial charge in [-0.05, 0) is 36.4 Å². The van der Waals surface area contributed by atoms with Gasteiger partial charge in [0.15, 0.2) is 0 Å². The SMILES string of the molecule is O=C(Nc1ccccc1S(=O)(=O)C(F)F)c1ccc(N2CCOCC2)cc1. The lowest BCUT2D eigenvalue weighted by atomic mass is 10.1. The second-order valence-electron chi connectivity index (χ2n) is 5.90. The molecule has 0 unspecified atom stereocenters. The summed E-state index contributed by atoms with van der Waals surface area (Å²) >= 11 is 0. The van der Waals surface area contributed by atoms with Gasteiger partial charge in [-0.25, -0.2) is 8.42 Å². The second kappa shape index (κ2) is 8.01. The van der Waals surface area contributed by atoms with Crippen LogP contribution < -0.4 is 10.2 Å². The van der Waals surface area contributed by atoms with Crippen molar-refractivity contribution in [2.24, 2.45) is 0 Å². The second-order valence-corrected chi connectivity index (χ2v) is 7.79. The molecule has 2 aromatic rings. The molecular formula is C18H18F2N2O4S. The van der Waals surface area contributed by atoms with Crippen LogP contribution in [0.3, 0.4) is 0 Å². The predicted molar refractivity (Wildman–Crippen MR) is 97.1 cm³/mol. The Labute approximate surface area is 155 Å². The van der Waals surface area contributed by atoms with Crippen LogP contribution in [0.1, 0.15) is 10.4 Å². The van der Waals surface area contributed by atoms with Crippen molar-refractivity contribution in [1.82, 2.24) is 0 Å². The number of amides is 1. The fraction of sp³-hybridized carbons (Fsp3) is 0.278. The molecule has 1 N–H and O–H groups in total. The molecule has 0 bridgehead atoms. The van der Waals surface area contributed by atoms with Crippen LogP contribution in [0.15, 0.2) is 53.4 Å². The first-order chi connectivity index (χ1) is 12.9. The van der Waals surface area contributed by atoms with E-state index in [0.29, 0.717) is 13.2 Å². The number of alkyl halides is 2. The Kier molecular flexibility index (Phi) is 5.71. The molecule has 1 aliphatic heterocycles. The summed E-state index contributed by atoms with van der Waals surface area (Å²) in [5, 5.41) is 2.40. The van der Waals surface area contributed by atoms with Crippen molar-refractivity contribution in [1.29, 1.82) is 0 Å². The normalized spacial score (nSPS) is 15.0. The minimum atomic E-state index is -4.82. The van der Waals surface area contributed by atoms with Crippen molar-refractivity contribution in [3.63, 3.8) is 0 Å². The molecule has 1 amide bonds. The summed E-state index contributed by atoms with van der Waals surface area (Å²) in [7, 11) is -4.82. The number of para-hydroxylation sites is 1. The van der Waals surface area contributed by atoms with Gasteiger partial charge in [-0.1, -0.05) is 12.1 Å². The maximum Gasteiger partial charge on any atom is 0.341 e. The van der Waals surface area contributed by atoms with Crippen LogP contribution in [0.2, 0.25) is 0 Å². The number of rotatable bonds is 5. The standard InChI is InChI=1S/C18H18F2N2O4S/c19-18(20)27(24,25)16-4-2-1-3-15(16)21-17(23)13-5-7-14(8-6-13)22-9-11-26-12-10-22/h1-8,18H,9-12H2,(H,21,23). The van der Waals surface area contributed by atoms with E-state index in [2.05, 4.69) is 10.2 Å². The highest BCUT2D eigenvalue weighted by Crippen LogP contribution is 2.26. The highest BCUT2D eigenvalue weighted by atomic mass is 32.2. The van der Waals surface area contributed by atoms with Gasteiger partial charge in [0.2, 0.25) is 9.84 Å². The van der Waals surface area contributed by atoms with Crippen molar-refractivity contribution in [2.75, 3.05) is 36.5 Å². The lowest BCUT2D eigenvalue weighted by Crippen LogP contribution is -2.36. The van der Waals surface area contributed by atoms with Crippen LogP contribution in [0.25, 0.3) is 0 Å². The van der Waals surface area contributed by atoms with Crippen LogP contribution >= 0.6 is 0 Å². The third kappa shape index (κ3) is 4.25. The summed E-state index contributed by atoms with van der Waals surface area (Å²) in [6.45, 7) is 2.78. The van der Waals surface area contributed by atoms with Gasteiger partial charge in [-0.3, -0.25) is 4.79 Å². The maximum atomic E-state index is 12.8. The number of morpholine rings is 1. The van der Waals surface area contributed by atoms with Gasteiger partial charge < -0.3 is 15.0 Å². The van der Waals surface area contributed by atoms with E-state index in [1.54, 1.807) is 24.3 Å². The minimum absolute atomic E-state index is 0.181. The summed E-state index contributed by atoms with van der Waals surface area (Å²) in [6, 6.07) is 11.9. The van der Waals surface area contributed by atoms with Gasteiger partial charge in [0.25, 0.3) is 5.91 Å². The molecule has 1 heterocycles. The number of nitrogens with zero attached hydrogens (tertiary/aromatic N) is 1. The van der Waals surface area contributed by atoms with Crippen LogP contribution in [0, 0.1) is 0 Å².